The minimum atomic E-state index is -0.978. The van der Waals surface area contributed by atoms with Gasteiger partial charge in [0.15, 0.2) is 0 Å². The van der Waals surface area contributed by atoms with Gasteiger partial charge in [-0.3, -0.25) is 4.90 Å². The zero-order chi connectivity index (χ0) is 19.4. The van der Waals surface area contributed by atoms with Crippen molar-refractivity contribution in [3.8, 4) is 0 Å². The first-order valence-electron chi connectivity index (χ1n) is 9.58. The highest BCUT2D eigenvalue weighted by atomic mass is 16.6. The monoisotopic (exact) mass is 376 g/mol. The van der Waals surface area contributed by atoms with E-state index in [1.165, 1.54) is 6.20 Å². The van der Waals surface area contributed by atoms with Crippen molar-refractivity contribution in [1.29, 1.82) is 0 Å². The standard InChI is InChI=1S/C19H28N4O4/c1-14(2)21-9-11-23(12-10-21)19(26)27-16-5-7-22(8-6-16)17-4-3-15(13-20-17)18(24)25/h3-4,13-14,16H,5-12H2,1-2H3,(H,24,25). The molecule has 1 aromatic heterocycles. The van der Waals surface area contributed by atoms with Crippen molar-refractivity contribution in [2.45, 2.75) is 38.8 Å². The smallest absolute Gasteiger partial charge is 0.410 e. The Balaban J connectivity index is 1.44. The lowest BCUT2D eigenvalue weighted by molar-refractivity contribution is 0.0337. The van der Waals surface area contributed by atoms with Gasteiger partial charge in [-0.25, -0.2) is 14.6 Å². The third-order valence-electron chi connectivity index (χ3n) is 5.33. The van der Waals surface area contributed by atoms with E-state index >= 15 is 0 Å². The first kappa shape index (κ1) is 19.4. The predicted molar refractivity (Wildman–Crippen MR) is 101 cm³/mol. The molecule has 8 nitrogen and oxygen atoms in total. The number of piperazine rings is 1. The van der Waals surface area contributed by atoms with Gasteiger partial charge in [-0.15, -0.1) is 0 Å². The number of hydrogen-bond donors (Lipinski definition) is 1. The van der Waals surface area contributed by atoms with Crippen LogP contribution in [0.15, 0.2) is 18.3 Å². The molecule has 0 saturated carbocycles. The molecule has 1 N–H and O–H groups in total. The number of piperidine rings is 1. The molecular formula is C19H28N4O4. The third kappa shape index (κ3) is 4.88. The number of aromatic carboxylic acids is 1. The van der Waals surface area contributed by atoms with Crippen molar-refractivity contribution in [1.82, 2.24) is 14.8 Å². The van der Waals surface area contributed by atoms with Crippen LogP contribution in [-0.2, 0) is 4.74 Å². The molecule has 8 heteroatoms. The molecule has 0 aromatic carbocycles. The molecule has 27 heavy (non-hydrogen) atoms. The second-order valence-corrected chi connectivity index (χ2v) is 7.40. The Morgan fingerprint density at radius 1 is 1.11 bits per heavy atom. The fraction of sp³-hybridized carbons (Fsp3) is 0.632. The number of carboxylic acids is 1. The summed E-state index contributed by atoms with van der Waals surface area (Å²) in [4.78, 5) is 33.8. The summed E-state index contributed by atoms with van der Waals surface area (Å²) >= 11 is 0. The number of pyridine rings is 1. The molecule has 3 heterocycles. The van der Waals surface area contributed by atoms with Crippen LogP contribution in [0.5, 0.6) is 0 Å². The molecule has 0 atom stereocenters. The maximum absolute atomic E-state index is 12.4. The van der Waals surface area contributed by atoms with Gasteiger partial charge < -0.3 is 19.6 Å². The summed E-state index contributed by atoms with van der Waals surface area (Å²) in [7, 11) is 0. The summed E-state index contributed by atoms with van der Waals surface area (Å²) in [6.07, 6.45) is 2.59. The van der Waals surface area contributed by atoms with Gasteiger partial charge in [0.1, 0.15) is 11.9 Å². The van der Waals surface area contributed by atoms with E-state index in [2.05, 4.69) is 28.6 Å². The molecule has 1 amide bonds. The van der Waals surface area contributed by atoms with E-state index in [0.717, 1.165) is 57.9 Å². The van der Waals surface area contributed by atoms with E-state index in [0.29, 0.717) is 6.04 Å². The summed E-state index contributed by atoms with van der Waals surface area (Å²) in [5.41, 5.74) is 0.181. The fourth-order valence-corrected chi connectivity index (χ4v) is 3.54. The molecule has 0 spiro atoms. The van der Waals surface area contributed by atoms with Gasteiger partial charge >= 0.3 is 12.1 Å². The van der Waals surface area contributed by atoms with E-state index in [1.54, 1.807) is 17.0 Å². The van der Waals surface area contributed by atoms with Gasteiger partial charge in [0, 0.05) is 64.3 Å². The number of anilines is 1. The highest BCUT2D eigenvalue weighted by Gasteiger charge is 2.28. The molecule has 2 saturated heterocycles. The van der Waals surface area contributed by atoms with Crippen molar-refractivity contribution in [2.24, 2.45) is 0 Å². The second-order valence-electron chi connectivity index (χ2n) is 7.40. The van der Waals surface area contributed by atoms with Gasteiger partial charge in [0.2, 0.25) is 0 Å². The second kappa shape index (κ2) is 8.56. The van der Waals surface area contributed by atoms with Crippen LogP contribution in [0.2, 0.25) is 0 Å². The number of rotatable bonds is 4. The third-order valence-corrected chi connectivity index (χ3v) is 5.33. The molecule has 2 aliphatic heterocycles. The Bertz CT molecular complexity index is 648. The predicted octanol–water partition coefficient (Wildman–Crippen LogP) is 1.91. The Labute approximate surface area is 159 Å². The summed E-state index contributed by atoms with van der Waals surface area (Å²) in [6.45, 7) is 9.03. The van der Waals surface area contributed by atoms with E-state index in [4.69, 9.17) is 9.84 Å². The zero-order valence-electron chi connectivity index (χ0n) is 16.0. The number of carboxylic acid groups (broad SMARTS) is 1. The van der Waals surface area contributed by atoms with Crippen LogP contribution in [-0.4, -0.2) is 83.4 Å². The molecule has 1 aromatic rings. The van der Waals surface area contributed by atoms with Gasteiger partial charge in [-0.2, -0.15) is 0 Å². The first-order valence-corrected chi connectivity index (χ1v) is 9.58. The van der Waals surface area contributed by atoms with Crippen molar-refractivity contribution in [2.75, 3.05) is 44.2 Å². The Kier molecular flexibility index (Phi) is 6.15. The lowest BCUT2D eigenvalue weighted by atomic mass is 10.1. The topological polar surface area (TPSA) is 86.2 Å². The van der Waals surface area contributed by atoms with E-state index in [9.17, 15) is 9.59 Å². The van der Waals surface area contributed by atoms with Gasteiger partial charge in [0.25, 0.3) is 0 Å². The normalized spacial score (nSPS) is 19.4. The molecule has 0 bridgehead atoms. The number of carbonyl (C=O) groups excluding carboxylic acids is 1. The molecule has 148 valence electrons. The fourth-order valence-electron chi connectivity index (χ4n) is 3.54. The molecule has 0 unspecified atom stereocenters. The lowest BCUT2D eigenvalue weighted by Crippen LogP contribution is -2.51. The van der Waals surface area contributed by atoms with Crippen LogP contribution in [0.25, 0.3) is 0 Å². The average molecular weight is 376 g/mol. The molecule has 2 fully saturated rings. The van der Waals surface area contributed by atoms with Crippen LogP contribution in [0.3, 0.4) is 0 Å². The zero-order valence-corrected chi connectivity index (χ0v) is 16.0. The van der Waals surface area contributed by atoms with Crippen LogP contribution in [0.1, 0.15) is 37.0 Å². The van der Waals surface area contributed by atoms with E-state index in [-0.39, 0.29) is 17.8 Å². The lowest BCUT2D eigenvalue weighted by Gasteiger charge is -2.38. The minimum Gasteiger partial charge on any atom is -0.478 e. The minimum absolute atomic E-state index is 0.0739. The van der Waals surface area contributed by atoms with Crippen molar-refractivity contribution < 1.29 is 19.4 Å². The van der Waals surface area contributed by atoms with E-state index in [1.807, 2.05) is 0 Å². The molecule has 2 aliphatic rings. The average Bonchev–Trinajstić information content (AvgIpc) is 2.68. The Morgan fingerprint density at radius 2 is 1.78 bits per heavy atom. The van der Waals surface area contributed by atoms with Gasteiger partial charge in [-0.1, -0.05) is 0 Å². The van der Waals surface area contributed by atoms with Crippen molar-refractivity contribution >= 4 is 17.9 Å². The molecule has 0 radical (unpaired) electrons. The number of ether oxygens (including phenoxy) is 1. The highest BCUT2D eigenvalue weighted by molar-refractivity contribution is 5.87. The van der Waals surface area contributed by atoms with Crippen LogP contribution >= 0.6 is 0 Å². The maximum atomic E-state index is 12.4. The number of aromatic nitrogens is 1. The number of carbonyl (C=O) groups is 2. The van der Waals surface area contributed by atoms with Crippen LogP contribution in [0, 0.1) is 0 Å². The number of amides is 1. The molecule has 3 rings (SSSR count). The van der Waals surface area contributed by atoms with E-state index < -0.39 is 5.97 Å². The van der Waals surface area contributed by atoms with Crippen molar-refractivity contribution in [3.05, 3.63) is 23.9 Å². The van der Waals surface area contributed by atoms with Crippen LogP contribution < -0.4 is 4.90 Å². The number of nitrogens with zero attached hydrogens (tertiary/aromatic N) is 4. The number of hydrogen-bond acceptors (Lipinski definition) is 6. The largest absolute Gasteiger partial charge is 0.478 e. The summed E-state index contributed by atoms with van der Waals surface area (Å²) in [6, 6.07) is 3.79. The van der Waals surface area contributed by atoms with Gasteiger partial charge in [-0.05, 0) is 26.0 Å². The van der Waals surface area contributed by atoms with Crippen LogP contribution in [0.4, 0.5) is 10.6 Å². The molecular weight excluding hydrogens is 348 g/mol. The van der Waals surface area contributed by atoms with Gasteiger partial charge in [0.05, 0.1) is 5.56 Å². The van der Waals surface area contributed by atoms with Crippen molar-refractivity contribution in [3.63, 3.8) is 0 Å². The Hall–Kier alpha value is -2.35. The SMILES string of the molecule is CC(C)N1CCN(C(=O)OC2CCN(c3ccc(C(=O)O)cn3)CC2)CC1. The molecule has 0 aliphatic carbocycles. The highest BCUT2D eigenvalue weighted by Crippen LogP contribution is 2.21. The quantitative estimate of drug-likeness (QED) is 0.859. The summed E-state index contributed by atoms with van der Waals surface area (Å²) in [5, 5.41) is 8.94. The first-order chi connectivity index (χ1) is 12.9. The summed E-state index contributed by atoms with van der Waals surface area (Å²) < 4.78 is 5.70. The maximum Gasteiger partial charge on any atom is 0.410 e. The Morgan fingerprint density at radius 3 is 2.30 bits per heavy atom. The summed E-state index contributed by atoms with van der Waals surface area (Å²) in [5.74, 6) is -0.219.